The summed E-state index contributed by atoms with van der Waals surface area (Å²) in [5.74, 6) is 1.38. The average molecular weight is 487 g/mol. The van der Waals surface area contributed by atoms with Crippen LogP contribution in [0.25, 0.3) is 0 Å². The molecule has 0 radical (unpaired) electrons. The average Bonchev–Trinajstić information content (AvgIpc) is 3.47. The van der Waals surface area contributed by atoms with Crippen molar-refractivity contribution in [2.24, 2.45) is 0 Å². The molecular weight excluding hydrogens is 468 g/mol. The Morgan fingerprint density at radius 3 is 2.24 bits per heavy atom. The third-order valence-corrected chi connectivity index (χ3v) is 7.90. The summed E-state index contributed by atoms with van der Waals surface area (Å²) in [7, 11) is 3.00. The molecule has 3 aliphatic heterocycles. The molecule has 0 bridgehead atoms. The first kappa shape index (κ1) is 20.5. The molecule has 5 heterocycles. The molecule has 12 heteroatoms. The van der Waals surface area contributed by atoms with Crippen LogP contribution >= 0.6 is 23.5 Å². The molecule has 0 saturated heterocycles. The van der Waals surface area contributed by atoms with E-state index in [-0.39, 0.29) is 28.1 Å². The third-order valence-electron chi connectivity index (χ3n) is 5.99. The van der Waals surface area contributed by atoms with Gasteiger partial charge < -0.3 is 19.3 Å². The maximum atomic E-state index is 13.6. The summed E-state index contributed by atoms with van der Waals surface area (Å²) in [6.07, 6.45) is 0. The number of thioether (sulfide) groups is 2. The fourth-order valence-electron chi connectivity index (χ4n) is 4.47. The smallest absolute Gasteiger partial charge is 0.262 e. The first-order valence-electron chi connectivity index (χ1n) is 10.2. The van der Waals surface area contributed by atoms with Gasteiger partial charge in [-0.05, 0) is 6.07 Å². The highest BCUT2D eigenvalue weighted by Gasteiger charge is 2.40. The van der Waals surface area contributed by atoms with Gasteiger partial charge in [0.1, 0.15) is 5.75 Å². The maximum Gasteiger partial charge on any atom is 0.262 e. The first-order valence-corrected chi connectivity index (χ1v) is 12.2. The van der Waals surface area contributed by atoms with E-state index in [1.54, 1.807) is 16.7 Å². The summed E-state index contributed by atoms with van der Waals surface area (Å²) in [4.78, 5) is 36.0. The Morgan fingerprint density at radius 2 is 1.58 bits per heavy atom. The lowest BCUT2D eigenvalue weighted by Crippen LogP contribution is -2.34. The van der Waals surface area contributed by atoms with Crippen molar-refractivity contribution in [3.05, 3.63) is 49.5 Å². The molecule has 1 unspecified atom stereocenters. The lowest BCUT2D eigenvalue weighted by Gasteiger charge is -2.28. The van der Waals surface area contributed by atoms with Crippen molar-refractivity contribution in [3.8, 4) is 29.0 Å². The van der Waals surface area contributed by atoms with Gasteiger partial charge in [-0.1, -0.05) is 23.5 Å². The number of hydrogen-bond acceptors (Lipinski definition) is 10. The van der Waals surface area contributed by atoms with Crippen molar-refractivity contribution in [1.29, 1.82) is 0 Å². The molecule has 3 aliphatic rings. The molecule has 0 amide bonds. The van der Waals surface area contributed by atoms with Crippen molar-refractivity contribution in [3.63, 3.8) is 0 Å². The molecule has 3 aromatic rings. The summed E-state index contributed by atoms with van der Waals surface area (Å²) < 4.78 is 20.0. The second-order valence-corrected chi connectivity index (χ2v) is 9.76. The van der Waals surface area contributed by atoms with Gasteiger partial charge in [-0.25, -0.2) is 0 Å². The van der Waals surface area contributed by atoms with Crippen LogP contribution in [0.15, 0.2) is 32.0 Å². The number of fused-ring (bicyclic) bond motifs is 4. The van der Waals surface area contributed by atoms with Crippen LogP contribution in [0.3, 0.4) is 0 Å². The molecule has 2 aromatic heterocycles. The molecule has 0 spiro atoms. The standard InChI is InChI=1S/C21H18N4O6S2/c1-29-11-7-9-10(8-12(11)30-2)31-17-15(19(28)25-4-6-33-21(25)23-17)13(9)14-16(26)22-20-24(18(14)27)3-5-32-20/h7-8,13,26H,3-6H2,1-2H3. The molecule has 6 rings (SSSR count). The second-order valence-electron chi connectivity index (χ2n) is 7.64. The highest BCUT2D eigenvalue weighted by molar-refractivity contribution is 7.99. The summed E-state index contributed by atoms with van der Waals surface area (Å²) in [5, 5.41) is 11.9. The normalized spacial score (nSPS) is 17.6. The lowest BCUT2D eigenvalue weighted by molar-refractivity contribution is 0.347. The number of ether oxygens (including phenoxy) is 3. The molecule has 0 aliphatic carbocycles. The molecule has 0 saturated carbocycles. The number of methoxy groups -OCH3 is 2. The molecule has 33 heavy (non-hydrogen) atoms. The van der Waals surface area contributed by atoms with Gasteiger partial charge in [0.25, 0.3) is 11.1 Å². The minimum Gasteiger partial charge on any atom is -0.493 e. The number of benzene rings is 1. The number of rotatable bonds is 3. The zero-order valence-electron chi connectivity index (χ0n) is 17.7. The zero-order valence-corrected chi connectivity index (χ0v) is 19.3. The Labute approximate surface area is 195 Å². The molecule has 10 nitrogen and oxygen atoms in total. The van der Waals surface area contributed by atoms with Crippen LogP contribution in [-0.2, 0) is 13.1 Å². The van der Waals surface area contributed by atoms with Crippen LogP contribution in [0.4, 0.5) is 0 Å². The lowest BCUT2D eigenvalue weighted by atomic mass is 9.84. The minimum absolute atomic E-state index is 0.0179. The molecule has 1 N–H and O–H groups in total. The van der Waals surface area contributed by atoms with Crippen LogP contribution in [0.2, 0.25) is 0 Å². The van der Waals surface area contributed by atoms with E-state index in [2.05, 4.69) is 9.97 Å². The van der Waals surface area contributed by atoms with Crippen LogP contribution in [0.5, 0.6) is 29.0 Å². The molecule has 0 fully saturated rings. The van der Waals surface area contributed by atoms with E-state index in [4.69, 9.17) is 14.2 Å². The zero-order chi connectivity index (χ0) is 22.9. The summed E-state index contributed by atoms with van der Waals surface area (Å²) in [6.45, 7) is 0.987. The summed E-state index contributed by atoms with van der Waals surface area (Å²) >= 11 is 2.87. The highest BCUT2D eigenvalue weighted by Crippen LogP contribution is 2.50. The van der Waals surface area contributed by atoms with Gasteiger partial charge in [0, 0.05) is 36.2 Å². The van der Waals surface area contributed by atoms with Crippen molar-refractivity contribution >= 4 is 23.5 Å². The third kappa shape index (κ3) is 2.90. The van der Waals surface area contributed by atoms with Crippen LogP contribution in [0, 0.1) is 0 Å². The Balaban J connectivity index is 1.70. The molecule has 1 atom stereocenters. The Kier molecular flexibility index (Phi) is 4.63. The summed E-state index contributed by atoms with van der Waals surface area (Å²) in [6, 6.07) is 3.30. The number of hydrogen-bond donors (Lipinski definition) is 1. The van der Waals surface area contributed by atoms with Crippen LogP contribution in [-0.4, -0.2) is 49.9 Å². The quantitative estimate of drug-likeness (QED) is 0.431. The van der Waals surface area contributed by atoms with Gasteiger partial charge in [0.05, 0.1) is 31.3 Å². The minimum atomic E-state index is -0.935. The Hall–Kier alpha value is -3.12. The second kappa shape index (κ2) is 7.45. The largest absolute Gasteiger partial charge is 0.493 e. The fourth-order valence-corrected chi connectivity index (χ4v) is 6.34. The Morgan fingerprint density at radius 1 is 0.970 bits per heavy atom. The number of aromatic hydroxyl groups is 1. The number of nitrogens with zero attached hydrogens (tertiary/aromatic N) is 4. The monoisotopic (exact) mass is 486 g/mol. The van der Waals surface area contributed by atoms with Crippen molar-refractivity contribution in [2.75, 3.05) is 25.7 Å². The van der Waals surface area contributed by atoms with E-state index in [1.165, 1.54) is 42.3 Å². The van der Waals surface area contributed by atoms with E-state index in [0.29, 0.717) is 52.0 Å². The fraction of sp³-hybridized carbons (Fsp3) is 0.333. The van der Waals surface area contributed by atoms with Crippen molar-refractivity contribution < 1.29 is 19.3 Å². The highest BCUT2D eigenvalue weighted by atomic mass is 32.2. The van der Waals surface area contributed by atoms with Gasteiger partial charge in [0.15, 0.2) is 21.8 Å². The van der Waals surface area contributed by atoms with E-state index < -0.39 is 11.8 Å². The maximum absolute atomic E-state index is 13.6. The van der Waals surface area contributed by atoms with Gasteiger partial charge in [-0.15, -0.1) is 0 Å². The van der Waals surface area contributed by atoms with Crippen LogP contribution < -0.4 is 25.3 Å². The van der Waals surface area contributed by atoms with Crippen molar-refractivity contribution in [2.45, 2.75) is 29.3 Å². The molecular formula is C21H18N4O6S2. The topological polar surface area (TPSA) is 118 Å². The van der Waals surface area contributed by atoms with Gasteiger partial charge >= 0.3 is 0 Å². The van der Waals surface area contributed by atoms with Gasteiger partial charge in [-0.2, -0.15) is 9.97 Å². The Bertz CT molecular complexity index is 1420. The van der Waals surface area contributed by atoms with E-state index in [0.717, 1.165) is 5.75 Å². The van der Waals surface area contributed by atoms with Gasteiger partial charge in [0.2, 0.25) is 11.8 Å². The van der Waals surface area contributed by atoms with Gasteiger partial charge in [-0.3, -0.25) is 18.7 Å². The molecule has 170 valence electrons. The first-order chi connectivity index (χ1) is 16.0. The predicted octanol–water partition coefficient (Wildman–Crippen LogP) is 2.02. The van der Waals surface area contributed by atoms with Crippen LogP contribution in [0.1, 0.15) is 22.6 Å². The molecule has 1 aromatic carbocycles. The van der Waals surface area contributed by atoms with E-state index in [1.807, 2.05) is 0 Å². The van der Waals surface area contributed by atoms with Crippen molar-refractivity contribution in [1.82, 2.24) is 19.1 Å². The van der Waals surface area contributed by atoms with E-state index in [9.17, 15) is 14.7 Å². The summed E-state index contributed by atoms with van der Waals surface area (Å²) in [5.41, 5.74) is 0.0147. The number of aromatic nitrogens is 4. The SMILES string of the molecule is COc1cc2c(cc1OC)C(c1c(O)nc3n(c1=O)CCS3)c1c(nc3n(c1=O)CCS3)O2. The predicted molar refractivity (Wildman–Crippen MR) is 121 cm³/mol. The van der Waals surface area contributed by atoms with E-state index >= 15 is 0 Å².